The van der Waals surface area contributed by atoms with Crippen molar-refractivity contribution in [1.82, 2.24) is 5.32 Å². The third-order valence-corrected chi connectivity index (χ3v) is 4.79. The number of hydrogen-bond donors (Lipinski definition) is 2. The van der Waals surface area contributed by atoms with E-state index in [2.05, 4.69) is 5.32 Å². The molecule has 1 fully saturated rings. The van der Waals surface area contributed by atoms with Gasteiger partial charge in [0.1, 0.15) is 5.54 Å². The van der Waals surface area contributed by atoms with Crippen molar-refractivity contribution < 1.29 is 9.90 Å². The fourth-order valence-corrected chi connectivity index (χ4v) is 3.61. The summed E-state index contributed by atoms with van der Waals surface area (Å²) in [6, 6.07) is 7.51. The van der Waals surface area contributed by atoms with Crippen LogP contribution in [-0.2, 0) is 4.79 Å². The molecule has 2 rings (SSSR count). The van der Waals surface area contributed by atoms with Gasteiger partial charge in [-0.25, -0.2) is 0 Å². The summed E-state index contributed by atoms with van der Waals surface area (Å²) >= 11 is 7.46. The summed E-state index contributed by atoms with van der Waals surface area (Å²) in [4.78, 5) is 12.5. The second kappa shape index (κ2) is 5.51. The van der Waals surface area contributed by atoms with Crippen molar-refractivity contribution in [2.24, 2.45) is 5.92 Å². The maximum atomic E-state index is 11.5. The second-order valence-electron chi connectivity index (χ2n) is 4.55. The number of hydrogen-bond acceptors (Lipinski definition) is 3. The Bertz CT molecular complexity index is 450. The summed E-state index contributed by atoms with van der Waals surface area (Å²) in [6.07, 6.45) is 1.98. The van der Waals surface area contributed by atoms with Crippen LogP contribution >= 0.6 is 23.4 Å². The van der Waals surface area contributed by atoms with Gasteiger partial charge in [-0.05, 0) is 44.0 Å². The summed E-state index contributed by atoms with van der Waals surface area (Å²) in [5.41, 5.74) is -0.813. The van der Waals surface area contributed by atoms with Gasteiger partial charge in [-0.2, -0.15) is 0 Å². The van der Waals surface area contributed by atoms with Gasteiger partial charge in [-0.3, -0.25) is 4.79 Å². The van der Waals surface area contributed by atoms with Crippen molar-refractivity contribution in [2.45, 2.75) is 23.3 Å². The van der Waals surface area contributed by atoms with Crippen molar-refractivity contribution >= 4 is 29.3 Å². The predicted molar refractivity (Wildman–Crippen MR) is 74.3 cm³/mol. The highest BCUT2D eigenvalue weighted by molar-refractivity contribution is 7.99. The van der Waals surface area contributed by atoms with Crippen LogP contribution in [0, 0.1) is 5.92 Å². The first kappa shape index (κ1) is 13.7. The molecular weight excluding hydrogens is 270 g/mol. The van der Waals surface area contributed by atoms with Gasteiger partial charge in [-0.15, -0.1) is 11.8 Å². The number of carboxylic acids is 1. The molecule has 0 heterocycles. The number of thioether (sulfide) groups is 1. The third-order valence-electron chi connectivity index (χ3n) is 3.36. The molecule has 3 nitrogen and oxygen atoms in total. The Morgan fingerprint density at radius 2 is 2.33 bits per heavy atom. The quantitative estimate of drug-likeness (QED) is 0.789. The molecule has 0 aromatic heterocycles. The molecule has 1 atom stereocenters. The van der Waals surface area contributed by atoms with Crippen LogP contribution in [0.2, 0.25) is 5.02 Å². The molecule has 98 valence electrons. The number of carboxylic acid groups (broad SMARTS) is 1. The van der Waals surface area contributed by atoms with Crippen LogP contribution in [0.5, 0.6) is 0 Å². The first-order chi connectivity index (χ1) is 8.58. The molecule has 0 bridgehead atoms. The molecule has 0 aliphatic heterocycles. The molecule has 18 heavy (non-hydrogen) atoms. The lowest BCUT2D eigenvalue weighted by Gasteiger charge is -2.28. The summed E-state index contributed by atoms with van der Waals surface area (Å²) in [6.45, 7) is 0. The molecule has 5 heteroatoms. The van der Waals surface area contributed by atoms with Crippen LogP contribution in [0.15, 0.2) is 29.2 Å². The van der Waals surface area contributed by atoms with Gasteiger partial charge < -0.3 is 10.4 Å². The van der Waals surface area contributed by atoms with E-state index in [0.717, 1.165) is 17.7 Å². The van der Waals surface area contributed by atoms with E-state index < -0.39 is 11.5 Å². The number of nitrogens with one attached hydrogen (secondary N) is 1. The van der Waals surface area contributed by atoms with Gasteiger partial charge in [0.15, 0.2) is 0 Å². The zero-order valence-corrected chi connectivity index (χ0v) is 11.7. The van der Waals surface area contributed by atoms with Crippen molar-refractivity contribution in [2.75, 3.05) is 12.8 Å². The van der Waals surface area contributed by atoms with E-state index in [1.807, 2.05) is 24.3 Å². The molecule has 1 aromatic rings. The summed E-state index contributed by atoms with van der Waals surface area (Å²) < 4.78 is 0. The maximum absolute atomic E-state index is 11.5. The molecule has 1 aromatic carbocycles. The predicted octanol–water partition coefficient (Wildman–Crippen LogP) is 2.88. The zero-order valence-electron chi connectivity index (χ0n) is 10.1. The summed E-state index contributed by atoms with van der Waals surface area (Å²) in [5, 5.41) is 13.2. The Morgan fingerprint density at radius 1 is 1.61 bits per heavy atom. The van der Waals surface area contributed by atoms with Crippen molar-refractivity contribution in [3.8, 4) is 0 Å². The fraction of sp³-hybridized carbons (Fsp3) is 0.462. The fourth-order valence-electron chi connectivity index (χ4n) is 2.07. The Balaban J connectivity index is 2.08. The zero-order chi connectivity index (χ0) is 13.2. The van der Waals surface area contributed by atoms with Crippen molar-refractivity contribution in [3.63, 3.8) is 0 Å². The molecule has 0 spiro atoms. The number of carbonyl (C=O) groups is 1. The van der Waals surface area contributed by atoms with Crippen molar-refractivity contribution in [3.05, 3.63) is 29.3 Å². The molecule has 1 unspecified atom stereocenters. The van der Waals surface area contributed by atoms with Crippen LogP contribution in [0.25, 0.3) is 0 Å². The SMILES string of the molecule is CNC(CSc1cccc(Cl)c1)(C(=O)O)C1CC1. The average molecular weight is 286 g/mol. The van der Waals surface area contributed by atoms with Crippen molar-refractivity contribution in [1.29, 1.82) is 0 Å². The van der Waals surface area contributed by atoms with Crippen LogP contribution in [-0.4, -0.2) is 29.4 Å². The maximum Gasteiger partial charge on any atom is 0.325 e. The van der Waals surface area contributed by atoms with Gasteiger partial charge in [0.05, 0.1) is 0 Å². The smallest absolute Gasteiger partial charge is 0.325 e. The average Bonchev–Trinajstić information content (AvgIpc) is 3.15. The minimum atomic E-state index is -0.813. The number of rotatable bonds is 6. The molecule has 1 aliphatic rings. The van der Waals surface area contributed by atoms with Gasteiger partial charge in [0.25, 0.3) is 0 Å². The molecular formula is C13H16ClNO2S. The second-order valence-corrected chi connectivity index (χ2v) is 6.03. The highest BCUT2D eigenvalue weighted by Crippen LogP contribution is 2.42. The lowest BCUT2D eigenvalue weighted by atomic mass is 9.96. The molecule has 0 saturated heterocycles. The minimum absolute atomic E-state index is 0.242. The summed E-state index contributed by atoms with van der Waals surface area (Å²) in [5.74, 6) is -0.00201. The van der Waals surface area contributed by atoms with Gasteiger partial charge >= 0.3 is 5.97 Å². The van der Waals surface area contributed by atoms with Crippen LogP contribution in [0.1, 0.15) is 12.8 Å². The summed E-state index contributed by atoms with van der Waals surface area (Å²) in [7, 11) is 1.73. The lowest BCUT2D eigenvalue weighted by Crippen LogP contribution is -2.54. The molecule has 0 amide bonds. The van der Waals surface area contributed by atoms with Gasteiger partial charge in [0, 0.05) is 15.7 Å². The third kappa shape index (κ3) is 2.82. The van der Waals surface area contributed by atoms with Gasteiger partial charge in [0.2, 0.25) is 0 Å². The van der Waals surface area contributed by atoms with E-state index in [-0.39, 0.29) is 5.92 Å². The number of aliphatic carboxylic acids is 1. The first-order valence-corrected chi connectivity index (χ1v) is 7.25. The molecule has 0 radical (unpaired) electrons. The van der Waals surface area contributed by atoms with Crippen LogP contribution in [0.3, 0.4) is 0 Å². The largest absolute Gasteiger partial charge is 0.480 e. The first-order valence-electron chi connectivity index (χ1n) is 5.89. The van der Waals surface area contributed by atoms with E-state index in [1.165, 1.54) is 11.8 Å². The molecule has 1 saturated carbocycles. The van der Waals surface area contributed by atoms with Crippen LogP contribution in [0.4, 0.5) is 0 Å². The number of benzene rings is 1. The van der Waals surface area contributed by atoms with Crippen LogP contribution < -0.4 is 5.32 Å². The number of halogens is 1. The van der Waals surface area contributed by atoms with E-state index in [0.29, 0.717) is 10.8 Å². The van der Waals surface area contributed by atoms with E-state index in [4.69, 9.17) is 11.6 Å². The topological polar surface area (TPSA) is 49.3 Å². The molecule has 2 N–H and O–H groups in total. The molecule has 1 aliphatic carbocycles. The van der Waals surface area contributed by atoms with E-state index in [1.54, 1.807) is 7.05 Å². The van der Waals surface area contributed by atoms with E-state index >= 15 is 0 Å². The highest BCUT2D eigenvalue weighted by atomic mass is 35.5. The number of likely N-dealkylation sites (N-methyl/N-ethyl adjacent to an activating group) is 1. The minimum Gasteiger partial charge on any atom is -0.480 e. The normalized spacial score (nSPS) is 18.3. The lowest BCUT2D eigenvalue weighted by molar-refractivity contribution is -0.144. The Hall–Kier alpha value is -0.710. The Labute approximate surface area is 116 Å². The highest BCUT2D eigenvalue weighted by Gasteiger charge is 2.50. The Morgan fingerprint density at radius 3 is 2.83 bits per heavy atom. The Kier molecular flexibility index (Phi) is 4.20. The van der Waals surface area contributed by atoms with E-state index in [9.17, 15) is 9.90 Å². The monoisotopic (exact) mass is 285 g/mol. The standard InChI is InChI=1S/C13H16ClNO2S/c1-15-13(12(16)17,9-5-6-9)8-18-11-4-2-3-10(14)7-11/h2-4,7,9,15H,5-6,8H2,1H3,(H,16,17). The van der Waals surface area contributed by atoms with Gasteiger partial charge in [-0.1, -0.05) is 17.7 Å².